The van der Waals surface area contributed by atoms with E-state index in [0.29, 0.717) is 6.61 Å². The Bertz CT molecular complexity index is 697. The number of aromatic nitrogens is 1. The van der Waals surface area contributed by atoms with Crippen molar-refractivity contribution in [1.82, 2.24) is 10.3 Å². The number of hydrogen-bond acceptors (Lipinski definition) is 5. The summed E-state index contributed by atoms with van der Waals surface area (Å²) < 4.78 is 10.8. The fourth-order valence-electron chi connectivity index (χ4n) is 5.70. The smallest absolute Gasteiger partial charge is 0.344 e. The molecule has 4 aliphatic rings. The third-order valence-electron chi connectivity index (χ3n) is 6.35. The van der Waals surface area contributed by atoms with Crippen LogP contribution in [0.25, 0.3) is 0 Å². The van der Waals surface area contributed by atoms with E-state index in [-0.39, 0.29) is 22.9 Å². The Morgan fingerprint density at radius 2 is 1.85 bits per heavy atom. The van der Waals surface area contributed by atoms with Crippen molar-refractivity contribution in [3.63, 3.8) is 0 Å². The minimum Gasteiger partial charge on any atom is -0.477 e. The van der Waals surface area contributed by atoms with E-state index in [0.717, 1.165) is 37.0 Å². The predicted molar refractivity (Wildman–Crippen MR) is 99.3 cm³/mol. The van der Waals surface area contributed by atoms with Gasteiger partial charge < -0.3 is 14.8 Å². The van der Waals surface area contributed by atoms with E-state index in [1.807, 2.05) is 6.92 Å². The second kappa shape index (κ2) is 7.13. The average molecular weight is 372 g/mol. The Balaban J connectivity index is 1.39. The third-order valence-corrected chi connectivity index (χ3v) is 6.35. The van der Waals surface area contributed by atoms with Crippen molar-refractivity contribution in [2.24, 2.45) is 17.8 Å². The van der Waals surface area contributed by atoms with Gasteiger partial charge >= 0.3 is 5.97 Å². The molecule has 1 amide bonds. The molecule has 4 saturated carbocycles. The first-order valence-electron chi connectivity index (χ1n) is 10.1. The average Bonchev–Trinajstić information content (AvgIpc) is 2.60. The summed E-state index contributed by atoms with van der Waals surface area (Å²) in [7, 11) is 0. The SMILES string of the molecule is CCOc1ncccc1C(=O)O[C@@H](C)C(=O)NC12CC3CC(CC(C3)C1)C2. The van der Waals surface area contributed by atoms with E-state index in [4.69, 9.17) is 9.47 Å². The maximum atomic E-state index is 12.8. The van der Waals surface area contributed by atoms with E-state index in [1.54, 1.807) is 25.3 Å². The molecule has 146 valence electrons. The molecule has 0 aliphatic heterocycles. The van der Waals surface area contributed by atoms with Crippen molar-refractivity contribution >= 4 is 11.9 Å². The van der Waals surface area contributed by atoms with Gasteiger partial charge in [0.05, 0.1) is 6.61 Å². The molecule has 4 fully saturated rings. The van der Waals surface area contributed by atoms with Gasteiger partial charge in [0.15, 0.2) is 6.10 Å². The first-order valence-corrected chi connectivity index (χ1v) is 10.1. The zero-order valence-electron chi connectivity index (χ0n) is 16.1. The second-order valence-electron chi connectivity index (χ2n) is 8.52. The molecule has 0 radical (unpaired) electrons. The lowest BCUT2D eigenvalue weighted by atomic mass is 9.53. The summed E-state index contributed by atoms with van der Waals surface area (Å²) in [5, 5.41) is 3.26. The quantitative estimate of drug-likeness (QED) is 0.777. The van der Waals surface area contributed by atoms with Crippen molar-refractivity contribution in [3.8, 4) is 5.88 Å². The lowest BCUT2D eigenvalue weighted by Crippen LogP contribution is -2.61. The van der Waals surface area contributed by atoms with Gasteiger partial charge in [0, 0.05) is 11.7 Å². The largest absolute Gasteiger partial charge is 0.477 e. The minimum atomic E-state index is -0.847. The highest BCUT2D eigenvalue weighted by Crippen LogP contribution is 2.55. The number of nitrogens with zero attached hydrogens (tertiary/aromatic N) is 1. The van der Waals surface area contributed by atoms with Crippen molar-refractivity contribution in [1.29, 1.82) is 0 Å². The molecule has 1 heterocycles. The summed E-state index contributed by atoms with van der Waals surface area (Å²) >= 11 is 0. The van der Waals surface area contributed by atoms with Gasteiger partial charge in [0.25, 0.3) is 5.91 Å². The highest BCUT2D eigenvalue weighted by Gasteiger charge is 2.51. The summed E-state index contributed by atoms with van der Waals surface area (Å²) in [5.74, 6) is 1.70. The van der Waals surface area contributed by atoms with Crippen LogP contribution in [0.3, 0.4) is 0 Å². The van der Waals surface area contributed by atoms with Crippen LogP contribution in [0.1, 0.15) is 62.7 Å². The Hall–Kier alpha value is -2.11. The normalized spacial score (nSPS) is 32.0. The Labute approximate surface area is 160 Å². The van der Waals surface area contributed by atoms with Gasteiger partial charge in [-0.25, -0.2) is 9.78 Å². The molecular weight excluding hydrogens is 344 g/mol. The van der Waals surface area contributed by atoms with Gasteiger partial charge in [0.2, 0.25) is 5.88 Å². The molecule has 0 unspecified atom stereocenters. The number of nitrogens with one attached hydrogen (secondary N) is 1. The van der Waals surface area contributed by atoms with Crippen LogP contribution < -0.4 is 10.1 Å². The first-order chi connectivity index (χ1) is 13.0. The van der Waals surface area contributed by atoms with Crippen LogP contribution in [0.2, 0.25) is 0 Å². The van der Waals surface area contributed by atoms with Gasteiger partial charge in [-0.05, 0) is 82.3 Å². The Morgan fingerprint density at radius 3 is 2.44 bits per heavy atom. The van der Waals surface area contributed by atoms with Gasteiger partial charge in [0.1, 0.15) is 5.56 Å². The molecule has 0 aromatic carbocycles. The predicted octanol–water partition coefficient (Wildman–Crippen LogP) is 3.11. The van der Waals surface area contributed by atoms with Gasteiger partial charge in [-0.2, -0.15) is 0 Å². The highest BCUT2D eigenvalue weighted by atomic mass is 16.5. The molecule has 27 heavy (non-hydrogen) atoms. The van der Waals surface area contributed by atoms with Gasteiger partial charge in [-0.15, -0.1) is 0 Å². The van der Waals surface area contributed by atoms with Crippen molar-refractivity contribution in [3.05, 3.63) is 23.9 Å². The van der Waals surface area contributed by atoms with Crippen LogP contribution >= 0.6 is 0 Å². The first kappa shape index (κ1) is 18.3. The molecule has 4 aliphatic carbocycles. The molecule has 5 rings (SSSR count). The maximum absolute atomic E-state index is 12.8. The number of esters is 1. The van der Waals surface area contributed by atoms with Crippen molar-refractivity contribution in [2.45, 2.75) is 64.0 Å². The van der Waals surface area contributed by atoms with E-state index < -0.39 is 12.1 Å². The zero-order valence-corrected chi connectivity index (χ0v) is 16.1. The van der Waals surface area contributed by atoms with Crippen LogP contribution in [-0.4, -0.2) is 35.1 Å². The maximum Gasteiger partial charge on any atom is 0.344 e. The zero-order chi connectivity index (χ0) is 19.0. The Kier molecular flexibility index (Phi) is 4.82. The summed E-state index contributed by atoms with van der Waals surface area (Å²) in [6, 6.07) is 3.25. The van der Waals surface area contributed by atoms with E-state index in [9.17, 15) is 9.59 Å². The van der Waals surface area contributed by atoms with Crippen LogP contribution in [0, 0.1) is 17.8 Å². The second-order valence-corrected chi connectivity index (χ2v) is 8.52. The summed E-state index contributed by atoms with van der Waals surface area (Å²) in [6.45, 7) is 3.86. The van der Waals surface area contributed by atoms with Crippen LogP contribution in [0.5, 0.6) is 5.88 Å². The molecule has 6 nitrogen and oxygen atoms in total. The lowest BCUT2D eigenvalue weighted by Gasteiger charge is -2.57. The van der Waals surface area contributed by atoms with Crippen molar-refractivity contribution < 1.29 is 19.1 Å². The molecule has 1 aromatic rings. The van der Waals surface area contributed by atoms with E-state index in [1.165, 1.54) is 19.3 Å². The monoisotopic (exact) mass is 372 g/mol. The molecule has 1 atom stereocenters. The summed E-state index contributed by atoms with van der Waals surface area (Å²) in [5.41, 5.74) is 0.158. The molecule has 0 saturated heterocycles. The fraction of sp³-hybridized carbons (Fsp3) is 0.667. The standard InChI is InChI=1S/C21H28N2O4/c1-3-26-19-17(5-4-6-22-19)20(25)27-13(2)18(24)23-21-10-14-7-15(11-21)9-16(8-14)12-21/h4-6,13-16H,3,7-12H2,1-2H3,(H,23,24)/t13-,14?,15?,16?,21?/m0/s1. The van der Waals surface area contributed by atoms with Crippen LogP contribution in [0.4, 0.5) is 0 Å². The fourth-order valence-corrected chi connectivity index (χ4v) is 5.70. The number of pyridine rings is 1. The van der Waals surface area contributed by atoms with E-state index in [2.05, 4.69) is 10.3 Å². The molecule has 6 heteroatoms. The van der Waals surface area contributed by atoms with Gasteiger partial charge in [-0.3, -0.25) is 4.79 Å². The van der Waals surface area contributed by atoms with Crippen LogP contribution in [-0.2, 0) is 9.53 Å². The topological polar surface area (TPSA) is 77.5 Å². The third kappa shape index (κ3) is 3.66. The van der Waals surface area contributed by atoms with Crippen molar-refractivity contribution in [2.75, 3.05) is 6.61 Å². The lowest BCUT2D eigenvalue weighted by molar-refractivity contribution is -0.134. The number of ether oxygens (including phenoxy) is 2. The number of hydrogen-bond donors (Lipinski definition) is 1. The number of rotatable bonds is 6. The molecule has 0 spiro atoms. The molecule has 1 N–H and O–H groups in total. The summed E-state index contributed by atoms with van der Waals surface area (Å²) in [6.07, 6.45) is 7.89. The molecule has 4 bridgehead atoms. The Morgan fingerprint density at radius 1 is 1.22 bits per heavy atom. The van der Waals surface area contributed by atoms with E-state index >= 15 is 0 Å². The highest BCUT2D eigenvalue weighted by molar-refractivity contribution is 5.94. The molecule has 1 aromatic heterocycles. The number of carbonyl (C=O) groups excluding carboxylic acids is 2. The minimum absolute atomic E-state index is 0.0860. The van der Waals surface area contributed by atoms with Gasteiger partial charge in [-0.1, -0.05) is 0 Å². The van der Waals surface area contributed by atoms with Crippen LogP contribution in [0.15, 0.2) is 18.3 Å². The number of carbonyl (C=O) groups is 2. The summed E-state index contributed by atoms with van der Waals surface area (Å²) in [4.78, 5) is 29.3. The number of amides is 1. The molecular formula is C21H28N2O4.